The molecule has 9 rings (SSSR count). The van der Waals surface area contributed by atoms with E-state index in [1.165, 1.54) is 43.6 Å². The number of carbonyl (C=O) groups excluding carboxylic acids is 2. The number of benzene rings is 4. The maximum atomic E-state index is 14.1. The van der Waals surface area contributed by atoms with Crippen molar-refractivity contribution in [1.29, 1.82) is 0 Å². The Labute approximate surface area is 349 Å². The van der Waals surface area contributed by atoms with E-state index in [9.17, 15) is 31.5 Å². The molecule has 0 spiro atoms. The molecule has 318 valence electrons. The van der Waals surface area contributed by atoms with Crippen LogP contribution in [-0.2, 0) is 4.74 Å². The summed E-state index contributed by atoms with van der Waals surface area (Å²) in [6.07, 6.45) is 0.858. The lowest BCUT2D eigenvalue weighted by Gasteiger charge is -2.13. The third kappa shape index (κ3) is 9.02. The van der Waals surface area contributed by atoms with Crippen molar-refractivity contribution in [3.05, 3.63) is 115 Å². The van der Waals surface area contributed by atoms with Crippen molar-refractivity contribution in [2.75, 3.05) is 49.8 Å². The second kappa shape index (κ2) is 17.3. The van der Waals surface area contributed by atoms with Crippen LogP contribution in [-0.4, -0.2) is 86.7 Å². The van der Waals surface area contributed by atoms with Gasteiger partial charge in [-0.1, -0.05) is 24.3 Å². The number of anilines is 3. The number of urea groups is 1. The average Bonchev–Trinajstić information content (AvgIpc) is 3.77. The number of carbonyl (C=O) groups is 2. The fraction of sp³-hybridized carbons (Fsp3) is 0.209. The summed E-state index contributed by atoms with van der Waals surface area (Å²) >= 11 is 0. The van der Waals surface area contributed by atoms with E-state index in [0.29, 0.717) is 75.2 Å². The van der Waals surface area contributed by atoms with Crippen LogP contribution in [0.4, 0.5) is 44.1 Å². The van der Waals surface area contributed by atoms with Gasteiger partial charge in [0.1, 0.15) is 18.2 Å². The third-order valence-corrected chi connectivity index (χ3v) is 9.84. The molecule has 0 aliphatic heterocycles. The zero-order valence-electron chi connectivity index (χ0n) is 33.1. The molecule has 0 radical (unpaired) electrons. The molecule has 4 aromatic heterocycles. The van der Waals surface area contributed by atoms with Crippen LogP contribution in [0, 0.1) is 11.6 Å². The van der Waals surface area contributed by atoms with Gasteiger partial charge in [0.05, 0.1) is 52.5 Å². The summed E-state index contributed by atoms with van der Waals surface area (Å²) in [6.45, 7) is -0.198. The minimum Gasteiger partial charge on any atom is -0.383 e. The van der Waals surface area contributed by atoms with Gasteiger partial charge < -0.3 is 31.3 Å². The second-order valence-corrected chi connectivity index (χ2v) is 14.3. The van der Waals surface area contributed by atoms with Gasteiger partial charge in [-0.15, -0.1) is 0 Å². The van der Waals surface area contributed by atoms with Crippen molar-refractivity contribution >= 4 is 62.6 Å². The van der Waals surface area contributed by atoms with Gasteiger partial charge in [0, 0.05) is 61.3 Å². The van der Waals surface area contributed by atoms with Crippen LogP contribution in [0.15, 0.2) is 97.3 Å². The lowest BCUT2D eigenvalue weighted by atomic mass is 10.1. The molecule has 1 fully saturated rings. The summed E-state index contributed by atoms with van der Waals surface area (Å²) in [4.78, 5) is 41.3. The number of rotatable bonds is 11. The standard InChI is InChI=1S/C23H22FN5O2.C20H16F4N6O/c1-31-11-10-25-21-22-26-13-20(29(22)19-12-16(24)6-9-18(19)28-21)14-2-4-15(5-3-14)23(30)27-17-7-8-17;1-25-19(31)28-13-5-2-11(3-6-13)16-9-26-18-17(27-10-20(22,23)24)29-14-7-4-12(21)8-15(14)30(16)18/h2-6,9,12-13,17H,7-8,10-11H2,1H3,(H,25,28)(H,27,30);2-9H,10H2,1H3,(H,27,29)(H2,25,28,31). The number of nitrogens with zero attached hydrogens (tertiary/aromatic N) is 6. The van der Waals surface area contributed by atoms with Gasteiger partial charge in [0.15, 0.2) is 22.9 Å². The van der Waals surface area contributed by atoms with Crippen LogP contribution in [0.2, 0.25) is 0 Å². The number of hydrogen-bond acceptors (Lipinski definition) is 9. The number of ether oxygens (including phenoxy) is 1. The topological polar surface area (TPSA) is 164 Å². The van der Waals surface area contributed by atoms with Gasteiger partial charge in [-0.25, -0.2) is 33.5 Å². The molecule has 19 heteroatoms. The molecule has 1 saturated carbocycles. The van der Waals surface area contributed by atoms with Crippen molar-refractivity contribution < 1.29 is 36.3 Å². The Hall–Kier alpha value is -7.41. The van der Waals surface area contributed by atoms with Gasteiger partial charge >= 0.3 is 12.2 Å². The largest absolute Gasteiger partial charge is 0.405 e. The first-order valence-corrected chi connectivity index (χ1v) is 19.4. The fourth-order valence-electron chi connectivity index (χ4n) is 6.71. The van der Waals surface area contributed by atoms with E-state index in [4.69, 9.17) is 4.74 Å². The van der Waals surface area contributed by atoms with E-state index >= 15 is 0 Å². The third-order valence-electron chi connectivity index (χ3n) is 9.84. The molecule has 1 aliphatic carbocycles. The van der Waals surface area contributed by atoms with E-state index in [-0.39, 0.29) is 29.2 Å². The van der Waals surface area contributed by atoms with Crippen molar-refractivity contribution in [2.45, 2.75) is 25.1 Å². The van der Waals surface area contributed by atoms with E-state index in [1.807, 2.05) is 16.5 Å². The van der Waals surface area contributed by atoms with E-state index < -0.39 is 18.5 Å². The summed E-state index contributed by atoms with van der Waals surface area (Å²) < 4.78 is 74.8. The quantitative estimate of drug-likeness (QED) is 0.0640. The number of alkyl halides is 3. The molecule has 0 bridgehead atoms. The van der Waals surface area contributed by atoms with Crippen LogP contribution >= 0.6 is 0 Å². The van der Waals surface area contributed by atoms with Crippen molar-refractivity contribution in [1.82, 2.24) is 39.4 Å². The van der Waals surface area contributed by atoms with E-state index in [2.05, 4.69) is 46.5 Å². The molecular formula is C43H38F5N11O3. The van der Waals surface area contributed by atoms with Gasteiger partial charge in [-0.3, -0.25) is 13.6 Å². The summed E-state index contributed by atoms with van der Waals surface area (Å²) in [6, 6.07) is 22.4. The maximum Gasteiger partial charge on any atom is 0.405 e. The van der Waals surface area contributed by atoms with Gasteiger partial charge in [0.25, 0.3) is 5.91 Å². The summed E-state index contributed by atoms with van der Waals surface area (Å²) in [5, 5.41) is 13.6. The normalized spacial score (nSPS) is 12.6. The first kappa shape index (κ1) is 41.3. The summed E-state index contributed by atoms with van der Waals surface area (Å²) in [5.74, 6) is -0.393. The molecule has 0 unspecified atom stereocenters. The molecule has 4 heterocycles. The number of nitrogens with one attached hydrogen (secondary N) is 5. The van der Waals surface area contributed by atoms with Gasteiger partial charge in [-0.05, 0) is 61.4 Å². The number of halogens is 5. The predicted octanol–water partition coefficient (Wildman–Crippen LogP) is 8.05. The molecule has 1 aliphatic rings. The molecular weight excluding hydrogens is 814 g/mol. The lowest BCUT2D eigenvalue weighted by molar-refractivity contribution is -0.115. The Morgan fingerprint density at radius 1 is 0.758 bits per heavy atom. The molecule has 62 heavy (non-hydrogen) atoms. The number of fused-ring (bicyclic) bond motifs is 6. The first-order chi connectivity index (χ1) is 29.9. The monoisotopic (exact) mass is 851 g/mol. The fourth-order valence-corrected chi connectivity index (χ4v) is 6.71. The highest BCUT2D eigenvalue weighted by atomic mass is 19.4. The average molecular weight is 852 g/mol. The number of aromatic nitrogens is 6. The van der Waals surface area contributed by atoms with Crippen LogP contribution in [0.5, 0.6) is 0 Å². The van der Waals surface area contributed by atoms with E-state index in [0.717, 1.165) is 24.1 Å². The van der Waals surface area contributed by atoms with Crippen molar-refractivity contribution in [2.24, 2.45) is 0 Å². The Bertz CT molecular complexity index is 2930. The van der Waals surface area contributed by atoms with Crippen LogP contribution < -0.4 is 26.6 Å². The molecule has 0 atom stereocenters. The highest BCUT2D eigenvalue weighted by Crippen LogP contribution is 2.32. The Morgan fingerprint density at radius 2 is 1.29 bits per heavy atom. The molecule has 14 nitrogen and oxygen atoms in total. The second-order valence-electron chi connectivity index (χ2n) is 14.3. The predicted molar refractivity (Wildman–Crippen MR) is 225 cm³/mol. The molecule has 8 aromatic rings. The lowest BCUT2D eigenvalue weighted by Crippen LogP contribution is -2.25. The Balaban J connectivity index is 0.000000171. The number of amides is 3. The molecule has 0 saturated heterocycles. The Kier molecular flexibility index (Phi) is 11.5. The molecule has 3 amide bonds. The van der Waals surface area contributed by atoms with Crippen LogP contribution in [0.1, 0.15) is 23.2 Å². The smallest absolute Gasteiger partial charge is 0.383 e. The van der Waals surface area contributed by atoms with Crippen LogP contribution in [0.3, 0.4) is 0 Å². The van der Waals surface area contributed by atoms with Crippen LogP contribution in [0.25, 0.3) is 55.9 Å². The minimum absolute atomic E-state index is 0.0615. The minimum atomic E-state index is -4.44. The number of methoxy groups -OCH3 is 1. The Morgan fingerprint density at radius 3 is 1.79 bits per heavy atom. The van der Waals surface area contributed by atoms with Crippen molar-refractivity contribution in [3.63, 3.8) is 0 Å². The molecule has 5 N–H and O–H groups in total. The number of imidazole rings is 2. The first-order valence-electron chi connectivity index (χ1n) is 19.4. The zero-order valence-corrected chi connectivity index (χ0v) is 33.1. The summed E-state index contributed by atoms with van der Waals surface area (Å²) in [5.41, 5.74) is 6.65. The zero-order chi connectivity index (χ0) is 43.5. The summed E-state index contributed by atoms with van der Waals surface area (Å²) in [7, 11) is 3.13. The van der Waals surface area contributed by atoms with Gasteiger partial charge in [-0.2, -0.15) is 13.2 Å². The number of hydrogen-bond donors (Lipinski definition) is 5. The SMILES string of the molecule is CNC(=O)Nc1ccc(-c2cnc3c(NCC(F)(F)F)nc4ccc(F)cc4n23)cc1.COCCNc1nc2ccc(F)cc2n2c(-c3ccc(C(=O)NC4CC4)cc3)cnc12. The van der Waals surface area contributed by atoms with Gasteiger partial charge in [0.2, 0.25) is 0 Å². The van der Waals surface area contributed by atoms with E-state index in [1.54, 1.807) is 60.2 Å². The molecule has 4 aromatic carbocycles. The maximum absolute atomic E-state index is 14.1. The van der Waals surface area contributed by atoms with Crippen molar-refractivity contribution in [3.8, 4) is 22.5 Å². The highest BCUT2D eigenvalue weighted by molar-refractivity contribution is 5.95. The highest BCUT2D eigenvalue weighted by Gasteiger charge is 2.28.